The molecule has 2 N–H and O–H groups in total. The van der Waals surface area contributed by atoms with E-state index in [-0.39, 0.29) is 22.7 Å². The second kappa shape index (κ2) is 7.64. The fourth-order valence-electron chi connectivity index (χ4n) is 1.69. The molecule has 22 heavy (non-hydrogen) atoms. The first kappa shape index (κ1) is 17.0. The zero-order valence-electron chi connectivity index (χ0n) is 12.2. The quantitative estimate of drug-likeness (QED) is 0.354. The van der Waals surface area contributed by atoms with Crippen LogP contribution in [0, 0.1) is 21.4 Å². The fraction of sp³-hybridized carbons (Fsp3) is 0.286. The van der Waals surface area contributed by atoms with Crippen molar-refractivity contribution >= 4 is 17.7 Å². The first-order valence-electron chi connectivity index (χ1n) is 6.44. The van der Waals surface area contributed by atoms with Gasteiger partial charge in [0.05, 0.1) is 29.8 Å². The van der Waals surface area contributed by atoms with Gasteiger partial charge in [0.1, 0.15) is 11.6 Å². The molecule has 0 atom stereocenters. The van der Waals surface area contributed by atoms with Gasteiger partial charge in [0, 0.05) is 0 Å². The zero-order valence-corrected chi connectivity index (χ0v) is 12.2. The van der Waals surface area contributed by atoms with Crippen molar-refractivity contribution in [2.24, 2.45) is 5.73 Å². The summed E-state index contributed by atoms with van der Waals surface area (Å²) >= 11 is 0. The van der Waals surface area contributed by atoms with Gasteiger partial charge in [-0.1, -0.05) is 0 Å². The first-order chi connectivity index (χ1) is 10.4. The smallest absolute Gasteiger partial charge is 0.280 e. The van der Waals surface area contributed by atoms with Gasteiger partial charge in [0.15, 0.2) is 11.5 Å². The Hall–Kier alpha value is -3.08. The van der Waals surface area contributed by atoms with E-state index in [9.17, 15) is 14.9 Å². The summed E-state index contributed by atoms with van der Waals surface area (Å²) in [6, 6.07) is 4.13. The molecule has 0 saturated heterocycles. The first-order valence-corrected chi connectivity index (χ1v) is 6.44. The number of benzene rings is 1. The van der Waals surface area contributed by atoms with Gasteiger partial charge < -0.3 is 15.2 Å². The molecule has 0 aliphatic carbocycles. The molecule has 1 amide bonds. The highest BCUT2D eigenvalue weighted by Crippen LogP contribution is 2.36. The Morgan fingerprint density at radius 3 is 2.32 bits per heavy atom. The number of carbonyl (C=O) groups is 1. The highest BCUT2D eigenvalue weighted by molar-refractivity contribution is 6.01. The molecule has 0 spiro atoms. The maximum Gasteiger partial charge on any atom is 0.280 e. The van der Waals surface area contributed by atoms with Crippen LogP contribution in [0.2, 0.25) is 0 Å². The van der Waals surface area contributed by atoms with Crippen LogP contribution in [0.25, 0.3) is 6.08 Å². The van der Waals surface area contributed by atoms with Gasteiger partial charge in [0.2, 0.25) is 0 Å². The van der Waals surface area contributed by atoms with Crippen molar-refractivity contribution in [1.82, 2.24) is 0 Å². The predicted molar refractivity (Wildman–Crippen MR) is 78.2 cm³/mol. The van der Waals surface area contributed by atoms with Gasteiger partial charge in [-0.25, -0.2) is 0 Å². The largest absolute Gasteiger partial charge is 0.490 e. The Balaban J connectivity index is 3.54. The number of nitro benzene ring substituents is 1. The zero-order chi connectivity index (χ0) is 16.7. The van der Waals surface area contributed by atoms with Crippen molar-refractivity contribution in [3.8, 4) is 17.6 Å². The third-order valence-electron chi connectivity index (χ3n) is 2.58. The molecule has 1 rings (SSSR count). The number of primary amides is 1. The van der Waals surface area contributed by atoms with E-state index in [1.165, 1.54) is 12.1 Å². The van der Waals surface area contributed by atoms with Crippen LogP contribution in [0.1, 0.15) is 19.4 Å². The van der Waals surface area contributed by atoms with Gasteiger partial charge in [-0.3, -0.25) is 14.9 Å². The summed E-state index contributed by atoms with van der Waals surface area (Å²) in [6.07, 6.45) is 1.05. The third kappa shape index (κ3) is 3.96. The van der Waals surface area contributed by atoms with Gasteiger partial charge in [0.25, 0.3) is 11.6 Å². The lowest BCUT2D eigenvalue weighted by molar-refractivity contribution is -0.385. The number of nitrogens with two attached hydrogens (primary N) is 1. The van der Waals surface area contributed by atoms with E-state index in [1.807, 2.05) is 0 Å². The number of nitriles is 1. The highest BCUT2D eigenvalue weighted by Gasteiger charge is 2.20. The molecule has 0 aliphatic heterocycles. The van der Waals surface area contributed by atoms with Crippen molar-refractivity contribution in [1.29, 1.82) is 5.26 Å². The van der Waals surface area contributed by atoms with Crippen LogP contribution in [0.4, 0.5) is 5.69 Å². The highest BCUT2D eigenvalue weighted by atomic mass is 16.6. The molecule has 0 aliphatic rings. The molecule has 1 aromatic carbocycles. The molecule has 0 saturated carbocycles. The molecular formula is C14H15N3O5. The minimum Gasteiger partial charge on any atom is -0.490 e. The summed E-state index contributed by atoms with van der Waals surface area (Å²) in [4.78, 5) is 21.6. The molecule has 8 heteroatoms. The van der Waals surface area contributed by atoms with E-state index < -0.39 is 16.4 Å². The molecule has 0 bridgehead atoms. The van der Waals surface area contributed by atoms with Crippen molar-refractivity contribution < 1.29 is 19.2 Å². The molecule has 116 valence electrons. The Morgan fingerprint density at radius 2 is 1.91 bits per heavy atom. The second-order valence-electron chi connectivity index (χ2n) is 4.01. The number of rotatable bonds is 7. The summed E-state index contributed by atoms with van der Waals surface area (Å²) in [7, 11) is 0. The second-order valence-corrected chi connectivity index (χ2v) is 4.01. The number of ether oxygens (including phenoxy) is 2. The molecule has 0 heterocycles. The molecule has 0 fully saturated rings. The van der Waals surface area contributed by atoms with Crippen LogP contribution in [0.5, 0.6) is 11.5 Å². The van der Waals surface area contributed by atoms with E-state index >= 15 is 0 Å². The van der Waals surface area contributed by atoms with Crippen LogP contribution >= 0.6 is 0 Å². The summed E-state index contributed by atoms with van der Waals surface area (Å²) in [5.41, 5.74) is 4.36. The third-order valence-corrected chi connectivity index (χ3v) is 2.58. The standard InChI is InChI=1S/C14H15N3O5/c1-3-21-12-6-9(5-10(8-15)14(16)18)11(17(19)20)7-13(12)22-4-2/h5-7H,3-4H2,1-2H3,(H2,16,18)/b10-5+. The normalized spacial score (nSPS) is 10.7. The average molecular weight is 305 g/mol. The summed E-state index contributed by atoms with van der Waals surface area (Å²) in [5, 5.41) is 20.0. The molecule has 0 unspecified atom stereocenters. The number of nitro groups is 1. The van der Waals surface area contributed by atoms with Crippen molar-refractivity contribution in [2.45, 2.75) is 13.8 Å². The minimum atomic E-state index is -0.969. The monoisotopic (exact) mass is 305 g/mol. The molecule has 0 aromatic heterocycles. The molecular weight excluding hydrogens is 290 g/mol. The van der Waals surface area contributed by atoms with Crippen LogP contribution in [0.3, 0.4) is 0 Å². The molecule has 0 radical (unpaired) electrons. The molecule has 8 nitrogen and oxygen atoms in total. The van der Waals surface area contributed by atoms with Crippen molar-refractivity contribution in [3.05, 3.63) is 33.4 Å². The lowest BCUT2D eigenvalue weighted by Crippen LogP contribution is -2.12. The number of nitrogens with zero attached hydrogens (tertiary/aromatic N) is 2. The van der Waals surface area contributed by atoms with Crippen LogP contribution in [-0.2, 0) is 4.79 Å². The number of hydrogen-bond donors (Lipinski definition) is 1. The summed E-state index contributed by atoms with van der Waals surface area (Å²) in [5.74, 6) is -0.475. The maximum absolute atomic E-state index is 11.2. The minimum absolute atomic E-state index is 0.0345. The Labute approximate surface area is 126 Å². The van der Waals surface area contributed by atoms with Crippen LogP contribution < -0.4 is 15.2 Å². The lowest BCUT2D eigenvalue weighted by Gasteiger charge is -2.12. The van der Waals surface area contributed by atoms with Crippen molar-refractivity contribution in [2.75, 3.05) is 13.2 Å². The fourth-order valence-corrected chi connectivity index (χ4v) is 1.69. The van der Waals surface area contributed by atoms with Gasteiger partial charge in [-0.05, 0) is 26.0 Å². The van der Waals surface area contributed by atoms with E-state index in [0.29, 0.717) is 13.2 Å². The molecule has 1 aromatic rings. The number of amides is 1. The van der Waals surface area contributed by atoms with E-state index in [4.69, 9.17) is 20.5 Å². The Morgan fingerprint density at radius 1 is 1.36 bits per heavy atom. The van der Waals surface area contributed by atoms with Gasteiger partial charge in [-0.2, -0.15) is 5.26 Å². The van der Waals surface area contributed by atoms with E-state index in [0.717, 1.165) is 6.08 Å². The maximum atomic E-state index is 11.2. The number of carbonyl (C=O) groups excluding carboxylic acids is 1. The summed E-state index contributed by atoms with van der Waals surface area (Å²) in [6.45, 7) is 4.10. The number of hydrogen-bond acceptors (Lipinski definition) is 6. The van der Waals surface area contributed by atoms with Crippen molar-refractivity contribution in [3.63, 3.8) is 0 Å². The Kier molecular flexibility index (Phi) is 5.89. The van der Waals surface area contributed by atoms with Gasteiger partial charge >= 0.3 is 0 Å². The van der Waals surface area contributed by atoms with E-state index in [2.05, 4.69) is 0 Å². The average Bonchev–Trinajstić information content (AvgIpc) is 2.46. The lowest BCUT2D eigenvalue weighted by atomic mass is 10.1. The SMILES string of the molecule is CCOc1cc(/C=C(\C#N)C(N)=O)c([N+](=O)[O-])cc1OCC. The van der Waals surface area contributed by atoms with Crippen LogP contribution in [0.15, 0.2) is 17.7 Å². The summed E-state index contributed by atoms with van der Waals surface area (Å²) < 4.78 is 10.7. The van der Waals surface area contributed by atoms with E-state index in [1.54, 1.807) is 19.9 Å². The van der Waals surface area contributed by atoms with Crippen LogP contribution in [-0.4, -0.2) is 24.0 Å². The topological polar surface area (TPSA) is 128 Å². The predicted octanol–water partition coefficient (Wildman–Crippen LogP) is 1.78. The van der Waals surface area contributed by atoms with Gasteiger partial charge in [-0.15, -0.1) is 0 Å². The Bertz CT molecular complexity index is 661.